The highest BCUT2D eigenvalue weighted by Crippen LogP contribution is 2.03. The van der Waals surface area contributed by atoms with Gasteiger partial charge < -0.3 is 36.7 Å². The summed E-state index contributed by atoms with van der Waals surface area (Å²) in [5.74, 6) is -4.34. The number of aliphatic hydroxyl groups excluding tert-OH is 1. The van der Waals surface area contributed by atoms with Crippen molar-refractivity contribution >= 4 is 23.8 Å². The third-order valence-corrected chi connectivity index (χ3v) is 3.66. The number of aromatic amines is 1. The van der Waals surface area contributed by atoms with Crippen molar-refractivity contribution in [2.45, 2.75) is 50.4 Å². The zero-order chi connectivity index (χ0) is 20.6. The highest BCUT2D eigenvalue weighted by atomic mass is 16.4. The summed E-state index contributed by atoms with van der Waals surface area (Å²) in [4.78, 5) is 52.9. The summed E-state index contributed by atoms with van der Waals surface area (Å²) in [5, 5.41) is 31.7. The average Bonchev–Trinajstić information content (AvgIpc) is 3.07. The first-order valence-electron chi connectivity index (χ1n) is 8.08. The zero-order valence-corrected chi connectivity index (χ0v) is 14.6. The van der Waals surface area contributed by atoms with Crippen LogP contribution in [0.15, 0.2) is 12.5 Å². The summed E-state index contributed by atoms with van der Waals surface area (Å²) >= 11 is 0. The van der Waals surface area contributed by atoms with E-state index >= 15 is 0 Å². The number of H-pyrrole nitrogens is 1. The quantitative estimate of drug-likeness (QED) is 0.216. The largest absolute Gasteiger partial charge is 0.481 e. The molecular weight excluding hydrogens is 362 g/mol. The first kappa shape index (κ1) is 22.1. The van der Waals surface area contributed by atoms with Crippen LogP contribution in [0.4, 0.5) is 0 Å². The lowest BCUT2D eigenvalue weighted by Gasteiger charge is -2.23. The molecule has 4 atom stereocenters. The van der Waals surface area contributed by atoms with E-state index in [1.807, 2.05) is 0 Å². The van der Waals surface area contributed by atoms with Gasteiger partial charge in [-0.1, -0.05) is 0 Å². The number of aromatic nitrogens is 2. The molecule has 1 rings (SSSR count). The molecule has 8 N–H and O–H groups in total. The number of amides is 2. The van der Waals surface area contributed by atoms with Crippen LogP contribution in [0.3, 0.4) is 0 Å². The molecule has 2 amide bonds. The number of nitrogens with one attached hydrogen (secondary N) is 3. The molecule has 150 valence electrons. The number of rotatable bonds is 11. The maximum absolute atomic E-state index is 12.3. The molecule has 0 aliphatic carbocycles. The predicted octanol–water partition coefficient (Wildman–Crippen LogP) is -2.42. The number of nitrogens with zero attached hydrogens (tertiary/aromatic N) is 1. The molecule has 1 aromatic rings. The fourth-order valence-electron chi connectivity index (χ4n) is 2.18. The maximum atomic E-state index is 12.3. The number of nitrogens with two attached hydrogens (primary N) is 1. The number of carboxylic acids is 2. The third kappa shape index (κ3) is 7.42. The van der Waals surface area contributed by atoms with Crippen LogP contribution in [0, 0.1) is 0 Å². The lowest BCUT2D eigenvalue weighted by atomic mass is 10.1. The molecule has 1 heterocycles. The van der Waals surface area contributed by atoms with Gasteiger partial charge >= 0.3 is 11.9 Å². The number of aliphatic carboxylic acids is 2. The summed E-state index contributed by atoms with van der Waals surface area (Å²) in [7, 11) is 0. The molecule has 0 spiro atoms. The first-order valence-corrected chi connectivity index (χ1v) is 8.08. The molecule has 0 unspecified atom stereocenters. The van der Waals surface area contributed by atoms with Crippen LogP contribution in [0.1, 0.15) is 25.5 Å². The molecule has 0 bridgehead atoms. The summed E-state index contributed by atoms with van der Waals surface area (Å²) in [6, 6.07) is -3.99. The molecule has 12 nitrogen and oxygen atoms in total. The van der Waals surface area contributed by atoms with E-state index in [-0.39, 0.29) is 12.8 Å². The molecule has 0 radical (unpaired) electrons. The molecule has 0 saturated carbocycles. The Morgan fingerprint density at radius 3 is 2.37 bits per heavy atom. The van der Waals surface area contributed by atoms with Crippen molar-refractivity contribution in [3.05, 3.63) is 18.2 Å². The maximum Gasteiger partial charge on any atom is 0.328 e. The Labute approximate surface area is 154 Å². The third-order valence-electron chi connectivity index (χ3n) is 3.66. The van der Waals surface area contributed by atoms with Gasteiger partial charge in [0.15, 0.2) is 6.04 Å². The standard InChI is InChI=1S/C15H23N5O7/c1-7(21)12(15(26)27)20-14(25)10(2-3-11(22)23)19-13(24)9(16)4-8-5-17-6-18-8/h5-7,9-10,12,21H,2-4,16H2,1H3,(H,17,18)(H,19,24)(H,20,25)(H,22,23)(H,26,27)/t7-,9+,10+,12+/m1/s1. The van der Waals surface area contributed by atoms with E-state index in [4.69, 9.17) is 15.9 Å². The second-order valence-corrected chi connectivity index (χ2v) is 5.95. The van der Waals surface area contributed by atoms with Crippen molar-refractivity contribution in [3.63, 3.8) is 0 Å². The van der Waals surface area contributed by atoms with Gasteiger partial charge in [-0.2, -0.15) is 0 Å². The Morgan fingerprint density at radius 1 is 1.22 bits per heavy atom. The minimum Gasteiger partial charge on any atom is -0.481 e. The zero-order valence-electron chi connectivity index (χ0n) is 14.6. The minimum absolute atomic E-state index is 0.102. The van der Waals surface area contributed by atoms with Crippen LogP contribution < -0.4 is 16.4 Å². The lowest BCUT2D eigenvalue weighted by molar-refractivity contribution is -0.145. The summed E-state index contributed by atoms with van der Waals surface area (Å²) in [6.07, 6.45) is 0.860. The van der Waals surface area contributed by atoms with Gasteiger partial charge in [-0.05, 0) is 13.3 Å². The molecular formula is C15H23N5O7. The number of aliphatic hydroxyl groups is 1. The lowest BCUT2D eigenvalue weighted by Crippen LogP contribution is -2.56. The molecule has 0 aliphatic rings. The fraction of sp³-hybridized carbons (Fsp3) is 0.533. The van der Waals surface area contributed by atoms with Crippen molar-refractivity contribution in [2.24, 2.45) is 5.73 Å². The topological polar surface area (TPSA) is 208 Å². The molecule has 27 heavy (non-hydrogen) atoms. The van der Waals surface area contributed by atoms with Gasteiger partial charge in [0.05, 0.1) is 18.5 Å². The van der Waals surface area contributed by atoms with E-state index in [2.05, 4.69) is 20.6 Å². The van der Waals surface area contributed by atoms with E-state index in [0.29, 0.717) is 5.69 Å². The normalized spacial score (nSPS) is 15.2. The fourth-order valence-corrected chi connectivity index (χ4v) is 2.18. The van der Waals surface area contributed by atoms with Crippen molar-refractivity contribution in [1.82, 2.24) is 20.6 Å². The Morgan fingerprint density at radius 2 is 1.89 bits per heavy atom. The van der Waals surface area contributed by atoms with Gasteiger partial charge in [-0.15, -0.1) is 0 Å². The minimum atomic E-state index is -1.61. The SMILES string of the molecule is C[C@@H](O)[C@H](NC(=O)[C@H](CCC(=O)O)NC(=O)[C@@H](N)Cc1cnc[nH]1)C(=O)O. The Hall–Kier alpha value is -2.99. The number of carbonyl (C=O) groups excluding carboxylic acids is 2. The summed E-state index contributed by atoms with van der Waals surface area (Å²) < 4.78 is 0. The first-order chi connectivity index (χ1) is 12.6. The van der Waals surface area contributed by atoms with Crippen LogP contribution >= 0.6 is 0 Å². The number of imidazole rings is 1. The second kappa shape index (κ2) is 10.2. The smallest absolute Gasteiger partial charge is 0.328 e. The van der Waals surface area contributed by atoms with Crippen LogP contribution in [0.2, 0.25) is 0 Å². The summed E-state index contributed by atoms with van der Waals surface area (Å²) in [5.41, 5.74) is 6.36. The van der Waals surface area contributed by atoms with Gasteiger partial charge in [0, 0.05) is 24.7 Å². The van der Waals surface area contributed by atoms with E-state index in [1.165, 1.54) is 19.4 Å². The Bertz CT molecular complexity index is 662. The van der Waals surface area contributed by atoms with Gasteiger partial charge in [-0.3, -0.25) is 14.4 Å². The molecule has 12 heteroatoms. The second-order valence-electron chi connectivity index (χ2n) is 5.95. The predicted molar refractivity (Wildman–Crippen MR) is 90.3 cm³/mol. The Kier molecular flexibility index (Phi) is 8.35. The van der Waals surface area contributed by atoms with Crippen molar-refractivity contribution in [2.75, 3.05) is 0 Å². The van der Waals surface area contributed by atoms with Crippen molar-refractivity contribution in [3.8, 4) is 0 Å². The molecule has 0 aliphatic heterocycles. The van der Waals surface area contributed by atoms with E-state index < -0.39 is 54.4 Å². The van der Waals surface area contributed by atoms with E-state index in [1.54, 1.807) is 0 Å². The molecule has 0 fully saturated rings. The van der Waals surface area contributed by atoms with Gasteiger partial charge in [-0.25, -0.2) is 9.78 Å². The number of carboxylic acid groups (broad SMARTS) is 2. The molecule has 0 aromatic carbocycles. The van der Waals surface area contributed by atoms with Crippen molar-refractivity contribution < 1.29 is 34.5 Å². The van der Waals surface area contributed by atoms with Gasteiger partial charge in [0.2, 0.25) is 11.8 Å². The molecule has 1 aromatic heterocycles. The number of carbonyl (C=O) groups is 4. The van der Waals surface area contributed by atoms with Crippen LogP contribution in [0.25, 0.3) is 0 Å². The van der Waals surface area contributed by atoms with E-state index in [9.17, 15) is 24.3 Å². The number of hydrogen-bond acceptors (Lipinski definition) is 7. The highest BCUT2D eigenvalue weighted by Gasteiger charge is 2.30. The van der Waals surface area contributed by atoms with Gasteiger partial charge in [0.1, 0.15) is 6.04 Å². The van der Waals surface area contributed by atoms with Crippen LogP contribution in [-0.4, -0.2) is 73.3 Å². The Balaban J connectivity index is 2.79. The number of hydrogen-bond donors (Lipinski definition) is 7. The highest BCUT2D eigenvalue weighted by molar-refractivity contribution is 5.92. The van der Waals surface area contributed by atoms with E-state index in [0.717, 1.165) is 0 Å². The average molecular weight is 385 g/mol. The monoisotopic (exact) mass is 385 g/mol. The van der Waals surface area contributed by atoms with Crippen LogP contribution in [0.5, 0.6) is 0 Å². The van der Waals surface area contributed by atoms with Crippen molar-refractivity contribution in [1.29, 1.82) is 0 Å². The van der Waals surface area contributed by atoms with Gasteiger partial charge in [0.25, 0.3) is 0 Å². The summed E-state index contributed by atoms with van der Waals surface area (Å²) in [6.45, 7) is 1.17. The van der Waals surface area contributed by atoms with Crippen LogP contribution in [-0.2, 0) is 25.6 Å². The molecule has 0 saturated heterocycles.